The van der Waals surface area contributed by atoms with Crippen molar-refractivity contribution < 1.29 is 4.79 Å². The highest BCUT2D eigenvalue weighted by molar-refractivity contribution is 5.79. The third kappa shape index (κ3) is 1.79. The maximum atomic E-state index is 11.3. The number of imidazole rings is 1. The van der Waals surface area contributed by atoms with Crippen molar-refractivity contribution in [3.8, 4) is 12.1 Å². The lowest BCUT2D eigenvalue weighted by atomic mass is 10.3. The second-order valence-electron chi connectivity index (χ2n) is 2.86. The van der Waals surface area contributed by atoms with Crippen molar-refractivity contribution in [2.45, 2.75) is 13.0 Å². The van der Waals surface area contributed by atoms with E-state index in [-0.39, 0.29) is 17.3 Å². The Balaban J connectivity index is 3.18. The summed E-state index contributed by atoms with van der Waals surface area (Å²) < 4.78 is 1.37. The first kappa shape index (κ1) is 10.7. The van der Waals surface area contributed by atoms with Crippen LogP contribution in [0, 0.1) is 22.7 Å². The fourth-order valence-corrected chi connectivity index (χ4v) is 1.18. The molecule has 0 spiro atoms. The highest BCUT2D eigenvalue weighted by Gasteiger charge is 2.19. The van der Waals surface area contributed by atoms with Crippen LogP contribution in [-0.4, -0.2) is 22.5 Å². The van der Waals surface area contributed by atoms with Crippen LogP contribution >= 0.6 is 0 Å². The van der Waals surface area contributed by atoms with Crippen molar-refractivity contribution >= 4 is 5.91 Å². The average Bonchev–Trinajstić information content (AvgIpc) is 2.69. The van der Waals surface area contributed by atoms with Crippen molar-refractivity contribution in [1.29, 1.82) is 10.5 Å². The van der Waals surface area contributed by atoms with Gasteiger partial charge in [-0.3, -0.25) is 4.79 Å². The SMILES string of the molecule is CNC(=O)C(C)n1cnc(C#N)c1C#N. The monoisotopic (exact) mass is 203 g/mol. The minimum atomic E-state index is -0.556. The molecule has 0 aliphatic heterocycles. The maximum absolute atomic E-state index is 11.3. The summed E-state index contributed by atoms with van der Waals surface area (Å²) in [5.41, 5.74) is 0.141. The standard InChI is InChI=1S/C9H9N5O/c1-6(9(15)12-2)14-5-13-7(3-10)8(14)4-11/h5-6H,1-2H3,(H,12,15). The first-order valence-corrected chi connectivity index (χ1v) is 4.24. The first-order valence-electron chi connectivity index (χ1n) is 4.24. The summed E-state index contributed by atoms with van der Waals surface area (Å²) in [7, 11) is 1.51. The van der Waals surface area contributed by atoms with Crippen LogP contribution in [0.3, 0.4) is 0 Å². The molecule has 1 heterocycles. The molecule has 6 heteroatoms. The molecule has 1 amide bonds. The van der Waals surface area contributed by atoms with Gasteiger partial charge in [-0.1, -0.05) is 0 Å². The molecule has 1 aromatic rings. The van der Waals surface area contributed by atoms with Gasteiger partial charge >= 0.3 is 0 Å². The number of hydrogen-bond donors (Lipinski definition) is 1. The summed E-state index contributed by atoms with van der Waals surface area (Å²) in [5, 5.41) is 20.0. The lowest BCUT2D eigenvalue weighted by Crippen LogP contribution is -2.28. The van der Waals surface area contributed by atoms with E-state index in [1.54, 1.807) is 13.0 Å². The fourth-order valence-electron chi connectivity index (χ4n) is 1.18. The summed E-state index contributed by atoms with van der Waals surface area (Å²) in [6.07, 6.45) is 1.32. The number of likely N-dealkylation sites (N-methyl/N-ethyl adjacent to an activating group) is 1. The van der Waals surface area contributed by atoms with E-state index in [1.807, 2.05) is 6.07 Å². The Morgan fingerprint density at radius 3 is 2.73 bits per heavy atom. The number of hydrogen-bond acceptors (Lipinski definition) is 4. The van der Waals surface area contributed by atoms with Gasteiger partial charge in [-0.05, 0) is 6.92 Å². The topological polar surface area (TPSA) is 94.5 Å². The van der Waals surface area contributed by atoms with Gasteiger partial charge in [0.05, 0.1) is 6.33 Å². The maximum Gasteiger partial charge on any atom is 0.242 e. The third-order valence-corrected chi connectivity index (χ3v) is 2.05. The number of aromatic nitrogens is 2. The van der Waals surface area contributed by atoms with Crippen molar-refractivity contribution in [3.05, 3.63) is 17.7 Å². The molecule has 0 aliphatic rings. The number of carbonyl (C=O) groups is 1. The van der Waals surface area contributed by atoms with Crippen molar-refractivity contribution in [2.75, 3.05) is 7.05 Å². The highest BCUT2D eigenvalue weighted by atomic mass is 16.2. The van der Waals surface area contributed by atoms with E-state index in [0.717, 1.165) is 0 Å². The van der Waals surface area contributed by atoms with E-state index >= 15 is 0 Å². The molecule has 6 nitrogen and oxygen atoms in total. The zero-order valence-electron chi connectivity index (χ0n) is 8.35. The minimum Gasteiger partial charge on any atom is -0.357 e. The summed E-state index contributed by atoms with van der Waals surface area (Å²) in [6.45, 7) is 1.63. The summed E-state index contributed by atoms with van der Waals surface area (Å²) >= 11 is 0. The number of nitrogens with one attached hydrogen (secondary N) is 1. The molecular formula is C9H9N5O. The van der Waals surface area contributed by atoms with Crippen LogP contribution in [0.25, 0.3) is 0 Å². The summed E-state index contributed by atoms with van der Waals surface area (Å²) in [4.78, 5) is 15.1. The van der Waals surface area contributed by atoms with E-state index in [2.05, 4.69) is 10.3 Å². The van der Waals surface area contributed by atoms with Crippen LogP contribution in [0.2, 0.25) is 0 Å². The first-order chi connectivity index (χ1) is 7.15. The Labute approximate surface area is 86.8 Å². The van der Waals surface area contributed by atoms with Gasteiger partial charge in [0.15, 0.2) is 11.4 Å². The predicted molar refractivity (Wildman–Crippen MR) is 50.4 cm³/mol. The number of rotatable bonds is 2. The van der Waals surface area contributed by atoms with E-state index < -0.39 is 6.04 Å². The van der Waals surface area contributed by atoms with Crippen molar-refractivity contribution in [1.82, 2.24) is 14.9 Å². The van der Waals surface area contributed by atoms with Crippen molar-refractivity contribution in [3.63, 3.8) is 0 Å². The van der Waals surface area contributed by atoms with Crippen LogP contribution in [0.4, 0.5) is 0 Å². The molecule has 0 saturated carbocycles. The number of nitriles is 2. The van der Waals surface area contributed by atoms with Gasteiger partial charge < -0.3 is 9.88 Å². The van der Waals surface area contributed by atoms with Crippen LogP contribution in [0.15, 0.2) is 6.33 Å². The molecule has 0 saturated heterocycles. The highest BCUT2D eigenvalue weighted by Crippen LogP contribution is 2.12. The Morgan fingerprint density at radius 1 is 1.60 bits per heavy atom. The van der Waals surface area contributed by atoms with Gasteiger partial charge in [-0.25, -0.2) is 4.98 Å². The van der Waals surface area contributed by atoms with E-state index in [1.165, 1.54) is 17.9 Å². The third-order valence-electron chi connectivity index (χ3n) is 2.05. The molecule has 0 radical (unpaired) electrons. The summed E-state index contributed by atoms with van der Waals surface area (Å²) in [6, 6.07) is 3.09. The minimum absolute atomic E-state index is 0.0354. The number of nitrogens with zero attached hydrogens (tertiary/aromatic N) is 4. The number of carbonyl (C=O) groups excluding carboxylic acids is 1. The molecule has 1 rings (SSSR count). The predicted octanol–water partition coefficient (Wildman–Crippen LogP) is -0.0665. The van der Waals surface area contributed by atoms with Gasteiger partial charge in [-0.2, -0.15) is 10.5 Å². The number of amides is 1. The molecule has 15 heavy (non-hydrogen) atoms. The molecule has 0 fully saturated rings. The molecule has 0 bridgehead atoms. The van der Waals surface area contributed by atoms with Crippen LogP contribution < -0.4 is 5.32 Å². The molecule has 1 unspecified atom stereocenters. The molecule has 0 aromatic carbocycles. The zero-order valence-corrected chi connectivity index (χ0v) is 8.35. The quantitative estimate of drug-likeness (QED) is 0.728. The lowest BCUT2D eigenvalue weighted by Gasteiger charge is -2.11. The molecule has 0 aliphatic carbocycles. The smallest absolute Gasteiger partial charge is 0.242 e. The van der Waals surface area contributed by atoms with E-state index in [9.17, 15) is 4.79 Å². The molecule has 1 atom stereocenters. The van der Waals surface area contributed by atoms with Crippen LogP contribution in [0.1, 0.15) is 24.4 Å². The van der Waals surface area contributed by atoms with E-state index in [0.29, 0.717) is 0 Å². The Hall–Kier alpha value is -2.34. The van der Waals surface area contributed by atoms with Gasteiger partial charge in [0.1, 0.15) is 18.2 Å². The fraction of sp³-hybridized carbons (Fsp3) is 0.333. The molecule has 76 valence electrons. The molecule has 1 N–H and O–H groups in total. The second-order valence-corrected chi connectivity index (χ2v) is 2.86. The zero-order chi connectivity index (χ0) is 11.4. The average molecular weight is 203 g/mol. The van der Waals surface area contributed by atoms with Gasteiger partial charge in [0.2, 0.25) is 5.91 Å². The molecular weight excluding hydrogens is 194 g/mol. The van der Waals surface area contributed by atoms with E-state index in [4.69, 9.17) is 10.5 Å². The van der Waals surface area contributed by atoms with Crippen LogP contribution in [-0.2, 0) is 4.79 Å². The van der Waals surface area contributed by atoms with Gasteiger partial charge in [0, 0.05) is 7.05 Å². The summed E-state index contributed by atoms with van der Waals surface area (Å²) in [5.74, 6) is -0.242. The molecule has 1 aromatic heterocycles. The van der Waals surface area contributed by atoms with Gasteiger partial charge in [-0.15, -0.1) is 0 Å². The second kappa shape index (κ2) is 4.25. The van der Waals surface area contributed by atoms with Crippen molar-refractivity contribution in [2.24, 2.45) is 0 Å². The Kier molecular flexibility index (Phi) is 3.04. The normalized spacial score (nSPS) is 11.2. The van der Waals surface area contributed by atoms with Crippen LogP contribution in [0.5, 0.6) is 0 Å². The van der Waals surface area contributed by atoms with Gasteiger partial charge in [0.25, 0.3) is 0 Å². The lowest BCUT2D eigenvalue weighted by molar-refractivity contribution is -0.123. The largest absolute Gasteiger partial charge is 0.357 e. The Morgan fingerprint density at radius 2 is 2.27 bits per heavy atom. The Bertz CT molecular complexity index is 462.